The molecule has 0 saturated heterocycles. The number of hydrogen-bond donors (Lipinski definition) is 5. The van der Waals surface area contributed by atoms with Crippen molar-refractivity contribution in [1.82, 2.24) is 0 Å². The van der Waals surface area contributed by atoms with Gasteiger partial charge >= 0.3 is 82.4 Å². The van der Waals surface area contributed by atoms with Gasteiger partial charge in [-0.05, 0) is 0 Å². The van der Waals surface area contributed by atoms with Gasteiger partial charge in [0.15, 0.2) is 0 Å². The van der Waals surface area contributed by atoms with E-state index < -0.39 is 20.9 Å². The van der Waals surface area contributed by atoms with Crippen molar-refractivity contribution in [2.24, 2.45) is 0 Å². The van der Waals surface area contributed by atoms with Gasteiger partial charge in [0.25, 0.3) is 0 Å². The van der Waals surface area contributed by atoms with E-state index in [0.717, 1.165) is 18.2 Å². The maximum atomic E-state index is 10.9. The molecule has 0 aromatic heterocycles. The van der Waals surface area contributed by atoms with Crippen molar-refractivity contribution in [2.45, 2.75) is 0 Å². The second kappa shape index (κ2) is 4.06. The number of aliphatic hydroxyl groups is 1. The first-order chi connectivity index (χ1) is 6.45. The summed E-state index contributed by atoms with van der Waals surface area (Å²) in [7, 11) is 0. The number of rotatable bonds is 3. The third kappa shape index (κ3) is 2.52. The molecule has 1 aromatic carbocycles. The predicted octanol–water partition coefficient (Wildman–Crippen LogP) is -1.69. The van der Waals surface area contributed by atoms with Crippen LogP contribution < -0.4 is 9.67 Å². The maximum absolute atomic E-state index is 10.9. The Balaban J connectivity index is 3.13. The number of phenolic OH excluding ortho intramolecular Hbond substituents is 1. The molecule has 14 heavy (non-hydrogen) atoms. The molecule has 0 saturated carbocycles. The molecule has 0 amide bonds. The molecule has 5 N–H and O–H groups in total. The van der Waals surface area contributed by atoms with Crippen LogP contribution in [0, 0.1) is 0 Å². The molecule has 78 valence electrons. The Morgan fingerprint density at radius 2 is 2.00 bits per heavy atom. The zero-order valence-corrected chi connectivity index (χ0v) is 8.96. The predicted molar refractivity (Wildman–Crippen MR) is 49.3 cm³/mol. The minimum absolute atomic E-state index is 0.0923. The van der Waals surface area contributed by atoms with Gasteiger partial charge in [0.2, 0.25) is 0 Å². The molecular weight excluding hydrogens is 253 g/mol. The van der Waals surface area contributed by atoms with E-state index in [2.05, 4.69) is 5.32 Å². The van der Waals surface area contributed by atoms with Crippen LogP contribution >= 0.6 is 0 Å². The van der Waals surface area contributed by atoms with Crippen LogP contribution in [0.3, 0.4) is 0 Å². The van der Waals surface area contributed by atoms with E-state index in [1.807, 2.05) is 0 Å². The van der Waals surface area contributed by atoms with E-state index in [9.17, 15) is 8.85 Å². The van der Waals surface area contributed by atoms with Crippen LogP contribution in [-0.4, -0.2) is 39.3 Å². The van der Waals surface area contributed by atoms with Crippen molar-refractivity contribution < 1.29 is 22.1 Å². The molecule has 0 spiro atoms. The summed E-state index contributed by atoms with van der Waals surface area (Å²) in [5.41, 5.74) is 0.0923. The van der Waals surface area contributed by atoms with Crippen LogP contribution in [-0.2, 0) is 3.74 Å². The van der Waals surface area contributed by atoms with Crippen LogP contribution in [0.1, 0.15) is 0 Å². The number of phenols is 1. The van der Waals surface area contributed by atoms with E-state index >= 15 is 0 Å². The number of hydrogen-bond acceptors (Lipinski definition) is 4. The Labute approximate surface area is 82.8 Å². The number of benzene rings is 1. The zero-order chi connectivity index (χ0) is 10.8. The Kier molecular flexibility index (Phi) is 3.23. The summed E-state index contributed by atoms with van der Waals surface area (Å²) in [6.45, 7) is -0.426. The molecular formula is C7H10AsNO5. The molecule has 1 rings (SSSR count). The average molecular weight is 263 g/mol. The van der Waals surface area contributed by atoms with Gasteiger partial charge in [0.1, 0.15) is 0 Å². The van der Waals surface area contributed by atoms with Crippen molar-refractivity contribution in [2.75, 3.05) is 12.0 Å². The molecule has 0 fully saturated rings. The van der Waals surface area contributed by atoms with Crippen molar-refractivity contribution in [3.63, 3.8) is 0 Å². The second-order valence-corrected chi connectivity index (χ2v) is 5.95. The van der Waals surface area contributed by atoms with Gasteiger partial charge in [-0.1, -0.05) is 0 Å². The van der Waals surface area contributed by atoms with Crippen molar-refractivity contribution in [3.8, 4) is 5.75 Å². The SMILES string of the molecule is O=[As](O)(O)c1ccc(O)c(NCO)c1. The first-order valence-electron chi connectivity index (χ1n) is 3.69. The number of anilines is 1. The molecule has 1 aromatic rings. The first kappa shape index (κ1) is 11.1. The summed E-state index contributed by atoms with van der Waals surface area (Å²) in [5.74, 6) is -0.174. The van der Waals surface area contributed by atoms with E-state index in [1.165, 1.54) is 0 Å². The van der Waals surface area contributed by atoms with Crippen LogP contribution in [0.25, 0.3) is 0 Å². The van der Waals surface area contributed by atoms with Crippen molar-refractivity contribution in [3.05, 3.63) is 18.2 Å². The third-order valence-electron chi connectivity index (χ3n) is 1.59. The molecule has 0 aliphatic rings. The molecule has 0 radical (unpaired) electrons. The van der Waals surface area contributed by atoms with Crippen LogP contribution in [0.2, 0.25) is 0 Å². The standard InChI is InChI=1S/C7H10AsNO5/c10-4-9-6-3-5(8(12,13)14)1-2-7(6)11/h1-3,9-11H,4H2,(H2,12,13,14). The summed E-state index contributed by atoms with van der Waals surface area (Å²) in [6, 6.07) is 3.43. The summed E-state index contributed by atoms with van der Waals surface area (Å²) in [5, 5.41) is 20.1. The van der Waals surface area contributed by atoms with Crippen LogP contribution in [0.4, 0.5) is 5.69 Å². The molecule has 0 aliphatic carbocycles. The summed E-state index contributed by atoms with van der Waals surface area (Å²) in [6.07, 6.45) is 0. The van der Waals surface area contributed by atoms with Gasteiger partial charge in [-0.25, -0.2) is 0 Å². The number of aliphatic hydroxyl groups excluding tert-OH is 1. The van der Waals surface area contributed by atoms with E-state index in [0.29, 0.717) is 0 Å². The molecule has 0 heterocycles. The summed E-state index contributed by atoms with van der Waals surface area (Å²) >= 11 is -4.93. The van der Waals surface area contributed by atoms with Crippen molar-refractivity contribution in [1.29, 1.82) is 0 Å². The Morgan fingerprint density at radius 1 is 1.36 bits per heavy atom. The fourth-order valence-corrected chi connectivity index (χ4v) is 2.12. The van der Waals surface area contributed by atoms with E-state index in [1.54, 1.807) is 0 Å². The monoisotopic (exact) mass is 263 g/mol. The van der Waals surface area contributed by atoms with Gasteiger partial charge in [-0.15, -0.1) is 0 Å². The topological polar surface area (TPSA) is 110 Å². The molecule has 0 atom stereocenters. The fraction of sp³-hybridized carbons (Fsp3) is 0.143. The van der Waals surface area contributed by atoms with Crippen LogP contribution in [0.5, 0.6) is 5.75 Å². The Hall–Kier alpha value is -0.942. The third-order valence-corrected chi connectivity index (χ3v) is 3.58. The van der Waals surface area contributed by atoms with Gasteiger partial charge in [-0.2, -0.15) is 0 Å². The molecule has 0 unspecified atom stereocenters. The van der Waals surface area contributed by atoms with Gasteiger partial charge < -0.3 is 0 Å². The number of nitrogens with one attached hydrogen (secondary N) is 1. The molecule has 6 nitrogen and oxygen atoms in total. The summed E-state index contributed by atoms with van der Waals surface area (Å²) < 4.78 is 28.5. The van der Waals surface area contributed by atoms with Crippen molar-refractivity contribution >= 4 is 24.2 Å². The first-order valence-corrected chi connectivity index (χ1v) is 7.07. The minimum atomic E-state index is -4.93. The molecule has 7 heteroatoms. The summed E-state index contributed by atoms with van der Waals surface area (Å²) in [4.78, 5) is 0. The Bertz CT molecular complexity index is 374. The van der Waals surface area contributed by atoms with Gasteiger partial charge in [0, 0.05) is 0 Å². The van der Waals surface area contributed by atoms with Gasteiger partial charge in [-0.3, -0.25) is 0 Å². The average Bonchev–Trinajstić information content (AvgIpc) is 2.07. The molecule has 0 aliphatic heterocycles. The second-order valence-electron chi connectivity index (χ2n) is 2.58. The fourth-order valence-electron chi connectivity index (χ4n) is 0.932. The van der Waals surface area contributed by atoms with Gasteiger partial charge in [0.05, 0.1) is 0 Å². The van der Waals surface area contributed by atoms with E-state index in [4.69, 9.17) is 13.3 Å². The van der Waals surface area contributed by atoms with E-state index in [-0.39, 0.29) is 15.8 Å². The number of aromatic hydroxyl groups is 1. The zero-order valence-electron chi connectivity index (χ0n) is 7.08. The van der Waals surface area contributed by atoms with Crippen LogP contribution in [0.15, 0.2) is 18.2 Å². The quantitative estimate of drug-likeness (QED) is 0.253. The Morgan fingerprint density at radius 3 is 2.50 bits per heavy atom. The molecule has 0 bridgehead atoms. The normalized spacial score (nSPS) is 11.4.